The van der Waals surface area contributed by atoms with Gasteiger partial charge in [-0.25, -0.2) is 9.37 Å². The number of nitrogens with two attached hydrogens (primary N) is 1. The lowest BCUT2D eigenvalue weighted by Crippen LogP contribution is -2.03. The van der Waals surface area contributed by atoms with Crippen molar-refractivity contribution < 1.29 is 9.13 Å². The van der Waals surface area contributed by atoms with Crippen LogP contribution < -0.4 is 10.5 Å². The van der Waals surface area contributed by atoms with Crippen molar-refractivity contribution in [2.45, 2.75) is 6.92 Å². The Morgan fingerprint density at radius 1 is 1.15 bits per heavy atom. The highest BCUT2D eigenvalue weighted by atomic mass is 32.1. The molecule has 2 aromatic heterocycles. The molecule has 0 aliphatic carbocycles. The molecular weight excluding hydrogens is 365 g/mol. The lowest BCUT2D eigenvalue weighted by Gasteiger charge is -2.04. The van der Waals surface area contributed by atoms with E-state index in [1.54, 1.807) is 26.2 Å². The molecule has 2 heterocycles. The first kappa shape index (κ1) is 17.2. The number of benzene rings is 2. The Hall–Kier alpha value is -3.26. The minimum Gasteiger partial charge on any atom is -0.497 e. The number of anilines is 1. The molecule has 0 bridgehead atoms. The predicted octanol–water partition coefficient (Wildman–Crippen LogP) is 4.10. The quantitative estimate of drug-likeness (QED) is 0.576. The van der Waals surface area contributed by atoms with Crippen molar-refractivity contribution in [1.82, 2.24) is 20.0 Å². The van der Waals surface area contributed by atoms with Gasteiger partial charge in [-0.3, -0.25) is 0 Å². The second-order valence-electron chi connectivity index (χ2n) is 5.93. The van der Waals surface area contributed by atoms with E-state index in [9.17, 15) is 4.39 Å². The number of hydrogen-bond donors (Lipinski definition) is 1. The van der Waals surface area contributed by atoms with Gasteiger partial charge in [0.25, 0.3) is 0 Å². The van der Waals surface area contributed by atoms with Gasteiger partial charge in [0.2, 0.25) is 0 Å². The fraction of sp³-hybridized carbons (Fsp3) is 0.105. The summed E-state index contributed by atoms with van der Waals surface area (Å²) < 4.78 is 20.4. The van der Waals surface area contributed by atoms with E-state index in [4.69, 9.17) is 10.5 Å². The van der Waals surface area contributed by atoms with E-state index in [1.165, 1.54) is 22.1 Å². The lowest BCUT2D eigenvalue weighted by molar-refractivity contribution is 0.415. The van der Waals surface area contributed by atoms with Gasteiger partial charge in [-0.2, -0.15) is 4.68 Å². The summed E-state index contributed by atoms with van der Waals surface area (Å²) in [5.41, 5.74) is 9.53. The molecule has 2 N–H and O–H groups in total. The summed E-state index contributed by atoms with van der Waals surface area (Å²) in [4.78, 5) is 4.61. The van der Waals surface area contributed by atoms with Crippen molar-refractivity contribution in [3.8, 4) is 33.4 Å². The van der Waals surface area contributed by atoms with Crippen LogP contribution >= 0.6 is 11.3 Å². The maximum absolute atomic E-state index is 13.8. The highest BCUT2D eigenvalue weighted by Crippen LogP contribution is 2.32. The molecule has 4 aromatic rings. The van der Waals surface area contributed by atoms with Gasteiger partial charge in [-0.15, -0.1) is 16.4 Å². The molecule has 0 spiro atoms. The van der Waals surface area contributed by atoms with Crippen molar-refractivity contribution in [1.29, 1.82) is 0 Å². The molecule has 0 aliphatic rings. The Morgan fingerprint density at radius 2 is 1.93 bits per heavy atom. The van der Waals surface area contributed by atoms with Gasteiger partial charge in [0.05, 0.1) is 18.5 Å². The predicted molar refractivity (Wildman–Crippen MR) is 104 cm³/mol. The number of thiazole rings is 1. The topological polar surface area (TPSA) is 78.9 Å². The normalized spacial score (nSPS) is 10.9. The lowest BCUT2D eigenvalue weighted by atomic mass is 10.2. The third kappa shape index (κ3) is 3.15. The Labute approximate surface area is 159 Å². The first-order valence-corrected chi connectivity index (χ1v) is 9.03. The van der Waals surface area contributed by atoms with Crippen LogP contribution in [0.25, 0.3) is 27.6 Å². The third-order valence-corrected chi connectivity index (χ3v) is 5.05. The van der Waals surface area contributed by atoms with Crippen molar-refractivity contribution >= 4 is 17.2 Å². The van der Waals surface area contributed by atoms with E-state index in [0.717, 1.165) is 17.0 Å². The van der Waals surface area contributed by atoms with Crippen LogP contribution in [0.1, 0.15) is 5.56 Å². The molecule has 0 atom stereocenters. The molecule has 0 fully saturated rings. The summed E-state index contributed by atoms with van der Waals surface area (Å²) in [7, 11) is 1.63. The summed E-state index contributed by atoms with van der Waals surface area (Å²) in [6, 6.07) is 12.4. The average molecular weight is 381 g/mol. The van der Waals surface area contributed by atoms with E-state index in [1.807, 2.05) is 29.6 Å². The summed E-state index contributed by atoms with van der Waals surface area (Å²) in [6.07, 6.45) is 0. The number of aryl methyl sites for hydroxylation is 1. The first-order chi connectivity index (χ1) is 13.1. The van der Waals surface area contributed by atoms with E-state index in [0.29, 0.717) is 27.8 Å². The Morgan fingerprint density at radius 3 is 2.63 bits per heavy atom. The van der Waals surface area contributed by atoms with Crippen LogP contribution in [0.5, 0.6) is 5.75 Å². The molecule has 8 heteroatoms. The zero-order valence-electron chi connectivity index (χ0n) is 14.7. The summed E-state index contributed by atoms with van der Waals surface area (Å²) in [5, 5.41) is 10.8. The maximum atomic E-state index is 13.8. The number of hydrogen-bond acceptors (Lipinski definition) is 6. The van der Waals surface area contributed by atoms with E-state index < -0.39 is 0 Å². The number of methoxy groups -OCH3 is 1. The fourth-order valence-electron chi connectivity index (χ4n) is 2.62. The largest absolute Gasteiger partial charge is 0.497 e. The van der Waals surface area contributed by atoms with Crippen molar-refractivity contribution in [2.24, 2.45) is 0 Å². The molecular formula is C19H16FN5OS. The summed E-state index contributed by atoms with van der Waals surface area (Å²) >= 11 is 1.42. The van der Waals surface area contributed by atoms with E-state index in [-0.39, 0.29) is 5.82 Å². The average Bonchev–Trinajstić information content (AvgIpc) is 3.31. The maximum Gasteiger partial charge on any atom is 0.165 e. The molecule has 0 saturated carbocycles. The first-order valence-electron chi connectivity index (χ1n) is 8.15. The van der Waals surface area contributed by atoms with Crippen molar-refractivity contribution in [3.05, 3.63) is 59.2 Å². The van der Waals surface area contributed by atoms with Crippen molar-refractivity contribution in [2.75, 3.05) is 12.8 Å². The second-order valence-corrected chi connectivity index (χ2v) is 6.79. The minimum absolute atomic E-state index is 0.314. The minimum atomic E-state index is -0.319. The van der Waals surface area contributed by atoms with Crippen LogP contribution in [-0.2, 0) is 0 Å². The molecule has 0 radical (unpaired) electrons. The van der Waals surface area contributed by atoms with E-state index in [2.05, 4.69) is 15.3 Å². The summed E-state index contributed by atoms with van der Waals surface area (Å²) in [6.45, 7) is 1.70. The molecule has 4 rings (SSSR count). The molecule has 2 aromatic carbocycles. The van der Waals surface area contributed by atoms with Crippen LogP contribution in [0.15, 0.2) is 47.8 Å². The van der Waals surface area contributed by atoms with Crippen LogP contribution in [0.4, 0.5) is 10.2 Å². The third-order valence-electron chi connectivity index (χ3n) is 4.20. The number of ether oxygens (including phenoxy) is 1. The van der Waals surface area contributed by atoms with Gasteiger partial charge in [0.1, 0.15) is 16.6 Å². The molecule has 136 valence electrons. The van der Waals surface area contributed by atoms with Gasteiger partial charge in [-0.05, 0) is 48.9 Å². The molecule has 0 unspecified atom stereocenters. The molecule has 0 amide bonds. The van der Waals surface area contributed by atoms with Gasteiger partial charge in [-0.1, -0.05) is 11.3 Å². The standard InChI is InChI=1S/C19H16FN5OS/c1-11-3-6-13(9-15(11)20)25-18(21)17(23-24-25)19-22-16(10-27-19)12-4-7-14(26-2)8-5-12/h3-10H,21H2,1-2H3. The van der Waals surface area contributed by atoms with Gasteiger partial charge in [0.15, 0.2) is 11.5 Å². The Balaban J connectivity index is 1.67. The van der Waals surface area contributed by atoms with Crippen molar-refractivity contribution in [3.63, 3.8) is 0 Å². The Bertz CT molecular complexity index is 1100. The highest BCUT2D eigenvalue weighted by Gasteiger charge is 2.17. The number of nitrogens with zero attached hydrogens (tertiary/aromatic N) is 4. The van der Waals surface area contributed by atoms with Gasteiger partial charge >= 0.3 is 0 Å². The highest BCUT2D eigenvalue weighted by molar-refractivity contribution is 7.13. The molecule has 0 saturated heterocycles. The smallest absolute Gasteiger partial charge is 0.165 e. The molecule has 6 nitrogen and oxygen atoms in total. The van der Waals surface area contributed by atoms with Gasteiger partial charge in [0, 0.05) is 10.9 Å². The number of nitrogen functional groups attached to an aromatic ring is 1. The van der Waals surface area contributed by atoms with Crippen LogP contribution in [-0.4, -0.2) is 27.1 Å². The number of rotatable bonds is 4. The fourth-order valence-corrected chi connectivity index (χ4v) is 3.44. The van der Waals surface area contributed by atoms with Crippen LogP contribution in [0, 0.1) is 12.7 Å². The summed E-state index contributed by atoms with van der Waals surface area (Å²) in [5.74, 6) is 0.778. The van der Waals surface area contributed by atoms with E-state index >= 15 is 0 Å². The molecule has 27 heavy (non-hydrogen) atoms. The number of halogens is 1. The van der Waals surface area contributed by atoms with Crippen LogP contribution in [0.2, 0.25) is 0 Å². The number of aromatic nitrogens is 4. The van der Waals surface area contributed by atoms with Gasteiger partial charge < -0.3 is 10.5 Å². The second kappa shape index (κ2) is 6.81. The molecule has 0 aliphatic heterocycles. The zero-order chi connectivity index (χ0) is 19.0. The monoisotopic (exact) mass is 381 g/mol. The Kier molecular flexibility index (Phi) is 4.33. The van der Waals surface area contributed by atoms with Crippen LogP contribution in [0.3, 0.4) is 0 Å². The zero-order valence-corrected chi connectivity index (χ0v) is 15.5. The SMILES string of the molecule is COc1ccc(-c2csc(-c3nnn(-c4ccc(C)c(F)c4)c3N)n2)cc1.